The van der Waals surface area contributed by atoms with Crippen molar-refractivity contribution in [3.63, 3.8) is 0 Å². The van der Waals surface area contributed by atoms with E-state index in [4.69, 9.17) is 10.6 Å². The molecule has 0 bridgehead atoms. The Bertz CT molecular complexity index is 639. The van der Waals surface area contributed by atoms with Gasteiger partial charge in [-0.1, -0.05) is 30.3 Å². The Labute approximate surface area is 122 Å². The number of hydrogen-bond acceptors (Lipinski definition) is 5. The molecule has 2 rings (SSSR count). The Morgan fingerprint density at radius 1 is 1.24 bits per heavy atom. The van der Waals surface area contributed by atoms with E-state index in [1.54, 1.807) is 18.3 Å². The maximum Gasteiger partial charge on any atom is 0.273 e. The van der Waals surface area contributed by atoms with Gasteiger partial charge in [0.1, 0.15) is 5.75 Å². The van der Waals surface area contributed by atoms with E-state index in [2.05, 4.69) is 5.10 Å². The largest absolute Gasteiger partial charge is 0.493 e. The highest BCUT2D eigenvalue weighted by Gasteiger charge is 2.06. The molecule has 0 amide bonds. The number of rotatable bonds is 6. The first-order valence-electron chi connectivity index (χ1n) is 6.38. The second-order valence-electron chi connectivity index (χ2n) is 4.37. The van der Waals surface area contributed by atoms with Gasteiger partial charge in [-0.05, 0) is 17.2 Å². The normalized spacial score (nSPS) is 10.7. The molecular weight excluding hydrogens is 270 g/mol. The lowest BCUT2D eigenvalue weighted by atomic mass is 10.1. The van der Waals surface area contributed by atoms with Gasteiger partial charge in [-0.25, -0.2) is 0 Å². The Hall–Kier alpha value is -2.89. The topological polar surface area (TPSA) is 90.8 Å². The molecule has 2 aromatic rings. The van der Waals surface area contributed by atoms with Gasteiger partial charge in [0.25, 0.3) is 5.69 Å². The first-order valence-corrected chi connectivity index (χ1v) is 6.38. The molecule has 0 aliphatic carbocycles. The second kappa shape index (κ2) is 7.04. The van der Waals surface area contributed by atoms with Gasteiger partial charge in [-0.15, -0.1) is 0 Å². The highest BCUT2D eigenvalue weighted by Crippen LogP contribution is 2.19. The molecule has 2 aromatic carbocycles. The zero-order valence-corrected chi connectivity index (χ0v) is 11.3. The summed E-state index contributed by atoms with van der Waals surface area (Å²) in [4.78, 5) is 10.2. The van der Waals surface area contributed by atoms with Gasteiger partial charge < -0.3 is 10.6 Å². The van der Waals surface area contributed by atoms with Gasteiger partial charge >= 0.3 is 0 Å². The summed E-state index contributed by atoms with van der Waals surface area (Å²) >= 11 is 0. The third kappa shape index (κ3) is 4.31. The van der Waals surface area contributed by atoms with Crippen LogP contribution in [0, 0.1) is 10.1 Å². The highest BCUT2D eigenvalue weighted by molar-refractivity contribution is 5.79. The van der Waals surface area contributed by atoms with Gasteiger partial charge in [0.05, 0.1) is 23.8 Å². The number of nitrogens with two attached hydrogens (primary N) is 1. The molecule has 2 N–H and O–H groups in total. The number of hydrazone groups is 1. The predicted molar refractivity (Wildman–Crippen MR) is 80.5 cm³/mol. The lowest BCUT2D eigenvalue weighted by Crippen LogP contribution is -2.02. The average molecular weight is 285 g/mol. The summed E-state index contributed by atoms with van der Waals surface area (Å²) in [5, 5.41) is 14.1. The van der Waals surface area contributed by atoms with Crippen LogP contribution < -0.4 is 10.6 Å². The molecule has 0 unspecified atom stereocenters. The van der Waals surface area contributed by atoms with Gasteiger partial charge in [0, 0.05) is 12.5 Å². The van der Waals surface area contributed by atoms with Crippen molar-refractivity contribution in [1.29, 1.82) is 0 Å². The number of non-ortho nitro benzene ring substituents is 1. The van der Waals surface area contributed by atoms with E-state index >= 15 is 0 Å². The molecule has 0 saturated carbocycles. The molecule has 108 valence electrons. The van der Waals surface area contributed by atoms with Gasteiger partial charge in [0.15, 0.2) is 0 Å². The predicted octanol–water partition coefficient (Wildman–Crippen LogP) is 2.51. The van der Waals surface area contributed by atoms with Crippen LogP contribution in [0.3, 0.4) is 0 Å². The Morgan fingerprint density at radius 2 is 2.00 bits per heavy atom. The van der Waals surface area contributed by atoms with E-state index < -0.39 is 4.92 Å². The lowest BCUT2D eigenvalue weighted by molar-refractivity contribution is -0.384. The van der Waals surface area contributed by atoms with Crippen LogP contribution in [-0.4, -0.2) is 17.7 Å². The number of benzene rings is 2. The molecule has 0 radical (unpaired) electrons. The SMILES string of the molecule is N/N=C\c1ccc(CCOc2cccc([N+](=O)[O-])c2)cc1. The van der Waals surface area contributed by atoms with E-state index in [0.717, 1.165) is 11.1 Å². The van der Waals surface area contributed by atoms with Crippen molar-refractivity contribution in [2.45, 2.75) is 6.42 Å². The Morgan fingerprint density at radius 3 is 2.67 bits per heavy atom. The second-order valence-corrected chi connectivity index (χ2v) is 4.37. The summed E-state index contributed by atoms with van der Waals surface area (Å²) in [5.41, 5.74) is 2.06. The molecular formula is C15H15N3O3. The zero-order chi connectivity index (χ0) is 15.1. The minimum absolute atomic E-state index is 0.0259. The summed E-state index contributed by atoms with van der Waals surface area (Å²) in [6, 6.07) is 13.9. The standard InChI is InChI=1S/C15H15N3O3/c16-17-11-13-6-4-12(5-7-13)8-9-21-15-3-1-2-14(10-15)18(19)20/h1-7,10-11H,8-9,16H2/b17-11-. The number of ether oxygens (including phenoxy) is 1. The quantitative estimate of drug-likeness (QED) is 0.382. The first-order chi connectivity index (χ1) is 10.2. The summed E-state index contributed by atoms with van der Waals surface area (Å²) < 4.78 is 5.53. The molecule has 0 saturated heterocycles. The molecule has 0 spiro atoms. The number of nitrogens with zero attached hydrogens (tertiary/aromatic N) is 2. The molecule has 0 fully saturated rings. The number of nitro groups is 1. The van der Waals surface area contributed by atoms with Gasteiger partial charge in [0.2, 0.25) is 0 Å². The number of hydrogen-bond donors (Lipinski definition) is 1. The highest BCUT2D eigenvalue weighted by atomic mass is 16.6. The van der Waals surface area contributed by atoms with Crippen molar-refractivity contribution in [3.8, 4) is 5.75 Å². The summed E-state index contributed by atoms with van der Waals surface area (Å²) in [6.07, 6.45) is 2.28. The monoisotopic (exact) mass is 285 g/mol. The van der Waals surface area contributed by atoms with Gasteiger partial charge in [-0.2, -0.15) is 5.10 Å². The first kappa shape index (κ1) is 14.5. The summed E-state index contributed by atoms with van der Waals surface area (Å²) in [5.74, 6) is 5.57. The van der Waals surface area contributed by atoms with E-state index in [1.165, 1.54) is 12.1 Å². The van der Waals surface area contributed by atoms with Crippen molar-refractivity contribution >= 4 is 11.9 Å². The maximum absolute atomic E-state index is 10.7. The molecule has 0 aliphatic rings. The van der Waals surface area contributed by atoms with E-state index in [1.807, 2.05) is 24.3 Å². The van der Waals surface area contributed by atoms with Crippen molar-refractivity contribution in [3.05, 3.63) is 69.8 Å². The molecule has 6 nitrogen and oxygen atoms in total. The molecule has 0 heterocycles. The molecule has 0 atom stereocenters. The van der Waals surface area contributed by atoms with E-state index in [9.17, 15) is 10.1 Å². The Balaban J connectivity index is 1.89. The Kier molecular flexibility index (Phi) is 4.87. The zero-order valence-electron chi connectivity index (χ0n) is 11.3. The minimum atomic E-state index is -0.440. The van der Waals surface area contributed by atoms with Crippen LogP contribution >= 0.6 is 0 Å². The molecule has 6 heteroatoms. The van der Waals surface area contributed by atoms with Crippen LogP contribution in [0.2, 0.25) is 0 Å². The van der Waals surface area contributed by atoms with Crippen LogP contribution in [0.5, 0.6) is 5.75 Å². The van der Waals surface area contributed by atoms with Crippen LogP contribution in [-0.2, 0) is 6.42 Å². The van der Waals surface area contributed by atoms with Crippen molar-refractivity contribution in [2.24, 2.45) is 10.9 Å². The van der Waals surface area contributed by atoms with Crippen LogP contribution in [0.25, 0.3) is 0 Å². The summed E-state index contributed by atoms with van der Waals surface area (Å²) in [7, 11) is 0. The molecule has 0 aliphatic heterocycles. The minimum Gasteiger partial charge on any atom is -0.493 e. The van der Waals surface area contributed by atoms with Crippen LogP contribution in [0.1, 0.15) is 11.1 Å². The average Bonchev–Trinajstić information content (AvgIpc) is 2.50. The lowest BCUT2D eigenvalue weighted by Gasteiger charge is -2.06. The fourth-order valence-corrected chi connectivity index (χ4v) is 1.83. The van der Waals surface area contributed by atoms with Crippen LogP contribution in [0.4, 0.5) is 5.69 Å². The number of nitro benzene ring substituents is 1. The third-order valence-electron chi connectivity index (χ3n) is 2.89. The van der Waals surface area contributed by atoms with Crippen molar-refractivity contribution in [1.82, 2.24) is 0 Å². The smallest absolute Gasteiger partial charge is 0.273 e. The molecule has 21 heavy (non-hydrogen) atoms. The summed E-state index contributed by atoms with van der Waals surface area (Å²) in [6.45, 7) is 0.450. The van der Waals surface area contributed by atoms with E-state index in [0.29, 0.717) is 18.8 Å². The van der Waals surface area contributed by atoms with Gasteiger partial charge in [-0.3, -0.25) is 10.1 Å². The maximum atomic E-state index is 10.7. The van der Waals surface area contributed by atoms with Crippen molar-refractivity contribution in [2.75, 3.05) is 6.61 Å². The van der Waals surface area contributed by atoms with Crippen molar-refractivity contribution < 1.29 is 9.66 Å². The van der Waals surface area contributed by atoms with E-state index in [-0.39, 0.29) is 5.69 Å². The fourth-order valence-electron chi connectivity index (χ4n) is 1.83. The molecule has 0 aromatic heterocycles. The third-order valence-corrected chi connectivity index (χ3v) is 2.89. The van der Waals surface area contributed by atoms with Crippen LogP contribution in [0.15, 0.2) is 53.6 Å². The fraction of sp³-hybridized carbons (Fsp3) is 0.133.